The van der Waals surface area contributed by atoms with Crippen molar-refractivity contribution in [2.45, 2.75) is 25.3 Å². The van der Waals surface area contributed by atoms with E-state index in [1.165, 1.54) is 0 Å². The van der Waals surface area contributed by atoms with Crippen molar-refractivity contribution in [1.29, 1.82) is 0 Å². The number of ether oxygens (including phenoxy) is 3. The summed E-state index contributed by atoms with van der Waals surface area (Å²) in [5.74, 6) is 2.44. The molecule has 9 nitrogen and oxygen atoms in total. The molecule has 0 saturated carbocycles. The van der Waals surface area contributed by atoms with Gasteiger partial charge in [-0.25, -0.2) is 4.63 Å². The fourth-order valence-electron chi connectivity index (χ4n) is 3.63. The number of hydrogen-bond acceptors (Lipinski definition) is 9. The first-order valence-electron chi connectivity index (χ1n) is 8.59. The van der Waals surface area contributed by atoms with Gasteiger partial charge in [0.15, 0.2) is 17.3 Å². The number of nitrogens with one attached hydrogen (secondary N) is 2. The van der Waals surface area contributed by atoms with Gasteiger partial charge in [-0.1, -0.05) is 0 Å². The molecule has 0 radical (unpaired) electrons. The van der Waals surface area contributed by atoms with Crippen LogP contribution in [0.3, 0.4) is 0 Å². The first kappa shape index (κ1) is 17.2. The molecule has 2 heterocycles. The Morgan fingerprint density at radius 2 is 1.81 bits per heavy atom. The van der Waals surface area contributed by atoms with Gasteiger partial charge in [-0.05, 0) is 35.3 Å². The van der Waals surface area contributed by atoms with Gasteiger partial charge in [0.1, 0.15) is 0 Å². The summed E-state index contributed by atoms with van der Waals surface area (Å²) in [6, 6.07) is 3.14. The Morgan fingerprint density at radius 3 is 2.56 bits per heavy atom. The van der Waals surface area contributed by atoms with Gasteiger partial charge in [0.25, 0.3) is 0 Å². The second kappa shape index (κ2) is 6.82. The van der Waals surface area contributed by atoms with Crippen molar-refractivity contribution < 1.29 is 23.6 Å². The summed E-state index contributed by atoms with van der Waals surface area (Å²) in [5.41, 5.74) is 2.19. The van der Waals surface area contributed by atoms with Gasteiger partial charge in [-0.3, -0.25) is 4.79 Å². The van der Waals surface area contributed by atoms with E-state index in [4.69, 9.17) is 18.8 Å². The van der Waals surface area contributed by atoms with Crippen molar-refractivity contribution >= 4 is 17.4 Å². The molecule has 0 bridgehead atoms. The van der Waals surface area contributed by atoms with E-state index in [1.807, 2.05) is 6.07 Å². The van der Waals surface area contributed by atoms with Crippen molar-refractivity contribution in [2.24, 2.45) is 0 Å². The minimum Gasteiger partial charge on any atom is -0.493 e. The highest BCUT2D eigenvalue weighted by atomic mass is 16.6. The zero-order valence-corrected chi connectivity index (χ0v) is 15.3. The number of benzene rings is 1. The average Bonchev–Trinajstić information content (AvgIpc) is 3.05. The van der Waals surface area contributed by atoms with Crippen molar-refractivity contribution in [2.75, 3.05) is 32.0 Å². The standard InChI is InChI=1S/C18H20N4O5/c1-24-12-8-7-9(15(25-2)16(12)26-3)14-13-10(5-4-6-11(13)23)19-17-18(20-14)22-27-21-17/h7-8,14H,4-6H2,1-3H3,(H,19,21)(H,20,22)/t14-/m0/s1. The van der Waals surface area contributed by atoms with Crippen LogP contribution in [0.4, 0.5) is 11.6 Å². The molecule has 1 atom stereocenters. The number of carbonyl (C=O) groups excluding carboxylic acids is 1. The van der Waals surface area contributed by atoms with E-state index in [1.54, 1.807) is 27.4 Å². The largest absolute Gasteiger partial charge is 0.493 e. The molecule has 0 saturated heterocycles. The van der Waals surface area contributed by atoms with E-state index in [9.17, 15) is 4.79 Å². The predicted molar refractivity (Wildman–Crippen MR) is 96.3 cm³/mol. The summed E-state index contributed by atoms with van der Waals surface area (Å²) < 4.78 is 21.3. The van der Waals surface area contributed by atoms with Gasteiger partial charge in [-0.15, -0.1) is 0 Å². The fourth-order valence-corrected chi connectivity index (χ4v) is 3.63. The van der Waals surface area contributed by atoms with Gasteiger partial charge in [0, 0.05) is 23.3 Å². The Bertz CT molecular complexity index is 920. The van der Waals surface area contributed by atoms with Gasteiger partial charge in [0.05, 0.1) is 27.4 Å². The first-order valence-corrected chi connectivity index (χ1v) is 8.59. The smallest absolute Gasteiger partial charge is 0.219 e. The normalized spacial score (nSPS) is 18.6. The number of allylic oxidation sites excluding steroid dienone is 1. The molecule has 1 aromatic carbocycles. The SMILES string of the molecule is COc1ccc([C@@H]2Nc3nonc3NC3=C2C(=O)CCC3)c(OC)c1OC. The third-order valence-electron chi connectivity index (χ3n) is 4.83. The molecular formula is C18H20N4O5. The van der Waals surface area contributed by atoms with Crippen LogP contribution in [0.25, 0.3) is 0 Å². The monoisotopic (exact) mass is 372 g/mol. The minimum absolute atomic E-state index is 0.0696. The molecule has 2 aliphatic rings. The summed E-state index contributed by atoms with van der Waals surface area (Å²) in [6.45, 7) is 0. The third kappa shape index (κ3) is 2.75. The maximum absolute atomic E-state index is 12.8. The highest BCUT2D eigenvalue weighted by Crippen LogP contribution is 2.47. The Labute approximate surface area is 155 Å². The van der Waals surface area contributed by atoms with E-state index < -0.39 is 6.04 Å². The van der Waals surface area contributed by atoms with Crippen LogP contribution in [0.5, 0.6) is 17.2 Å². The maximum Gasteiger partial charge on any atom is 0.219 e. The van der Waals surface area contributed by atoms with Crippen LogP contribution in [-0.4, -0.2) is 37.4 Å². The Morgan fingerprint density at radius 1 is 1.04 bits per heavy atom. The lowest BCUT2D eigenvalue weighted by Gasteiger charge is -2.27. The van der Waals surface area contributed by atoms with Crippen LogP contribution < -0.4 is 24.8 Å². The number of nitrogens with zero attached hydrogens (tertiary/aromatic N) is 2. The fraction of sp³-hybridized carbons (Fsp3) is 0.389. The number of Topliss-reactive ketones (excluding diaryl/α,β-unsaturated/α-hetero) is 1. The number of aromatic nitrogens is 2. The molecular weight excluding hydrogens is 352 g/mol. The van der Waals surface area contributed by atoms with Crippen molar-refractivity contribution in [3.05, 3.63) is 29.0 Å². The van der Waals surface area contributed by atoms with Gasteiger partial charge < -0.3 is 24.8 Å². The molecule has 0 spiro atoms. The topological polar surface area (TPSA) is 108 Å². The third-order valence-corrected chi connectivity index (χ3v) is 4.83. The number of fused-ring (bicyclic) bond motifs is 1. The average molecular weight is 372 g/mol. The molecule has 142 valence electrons. The number of ketones is 1. The van der Waals surface area contributed by atoms with Crippen LogP contribution in [0, 0.1) is 0 Å². The number of hydrogen-bond donors (Lipinski definition) is 2. The van der Waals surface area contributed by atoms with E-state index in [0.717, 1.165) is 24.1 Å². The first-order chi connectivity index (χ1) is 13.2. The van der Waals surface area contributed by atoms with Gasteiger partial charge >= 0.3 is 0 Å². The number of carbonyl (C=O) groups is 1. The summed E-state index contributed by atoms with van der Waals surface area (Å²) in [4.78, 5) is 12.8. The zero-order chi connectivity index (χ0) is 19.0. The maximum atomic E-state index is 12.8. The van der Waals surface area contributed by atoms with E-state index >= 15 is 0 Å². The number of methoxy groups -OCH3 is 3. The molecule has 27 heavy (non-hydrogen) atoms. The van der Waals surface area contributed by atoms with Crippen LogP contribution in [0.1, 0.15) is 30.9 Å². The lowest BCUT2D eigenvalue weighted by molar-refractivity contribution is -0.116. The summed E-state index contributed by atoms with van der Waals surface area (Å²) in [7, 11) is 4.66. The second-order valence-corrected chi connectivity index (χ2v) is 6.26. The number of rotatable bonds is 4. The lowest BCUT2D eigenvalue weighted by Crippen LogP contribution is -2.24. The van der Waals surface area contributed by atoms with Crippen molar-refractivity contribution in [3.63, 3.8) is 0 Å². The molecule has 1 aromatic heterocycles. The van der Waals surface area contributed by atoms with E-state index in [0.29, 0.717) is 40.9 Å². The van der Waals surface area contributed by atoms with E-state index in [-0.39, 0.29) is 5.78 Å². The molecule has 9 heteroatoms. The van der Waals surface area contributed by atoms with E-state index in [2.05, 4.69) is 20.9 Å². The van der Waals surface area contributed by atoms with Crippen LogP contribution in [0.2, 0.25) is 0 Å². The zero-order valence-electron chi connectivity index (χ0n) is 15.3. The van der Waals surface area contributed by atoms with Crippen LogP contribution >= 0.6 is 0 Å². The van der Waals surface area contributed by atoms with Gasteiger partial charge in [0.2, 0.25) is 17.4 Å². The Kier molecular flexibility index (Phi) is 4.35. The van der Waals surface area contributed by atoms with Crippen molar-refractivity contribution in [3.8, 4) is 17.2 Å². The summed E-state index contributed by atoms with van der Waals surface area (Å²) in [5, 5.41) is 14.3. The molecule has 2 N–H and O–H groups in total. The molecule has 2 aromatic rings. The molecule has 0 fully saturated rings. The predicted octanol–water partition coefficient (Wildman–Crippen LogP) is 2.68. The number of anilines is 2. The Balaban J connectivity index is 1.92. The van der Waals surface area contributed by atoms with Gasteiger partial charge in [-0.2, -0.15) is 0 Å². The molecule has 1 aliphatic carbocycles. The molecule has 0 unspecified atom stereocenters. The highest BCUT2D eigenvalue weighted by molar-refractivity contribution is 6.00. The molecule has 0 amide bonds. The molecule has 1 aliphatic heterocycles. The summed E-state index contributed by atoms with van der Waals surface area (Å²) in [6.07, 6.45) is 2.01. The minimum atomic E-state index is -0.497. The second-order valence-electron chi connectivity index (χ2n) is 6.26. The van der Waals surface area contributed by atoms with Crippen LogP contribution in [0.15, 0.2) is 28.0 Å². The van der Waals surface area contributed by atoms with Crippen molar-refractivity contribution in [1.82, 2.24) is 10.3 Å². The Hall–Kier alpha value is -3.23. The quantitative estimate of drug-likeness (QED) is 0.837. The lowest BCUT2D eigenvalue weighted by atomic mass is 9.86. The molecule has 4 rings (SSSR count). The highest BCUT2D eigenvalue weighted by Gasteiger charge is 2.36. The van der Waals surface area contributed by atoms with Crippen LogP contribution in [-0.2, 0) is 4.79 Å². The summed E-state index contributed by atoms with van der Waals surface area (Å²) >= 11 is 0.